The molecule has 1 unspecified atom stereocenters. The summed E-state index contributed by atoms with van der Waals surface area (Å²) in [7, 11) is 0. The summed E-state index contributed by atoms with van der Waals surface area (Å²) < 4.78 is 0. The molecule has 0 fully saturated rings. The van der Waals surface area contributed by atoms with Crippen LogP contribution in [-0.4, -0.2) is 16.6 Å². The minimum atomic E-state index is 0.147. The van der Waals surface area contributed by atoms with E-state index >= 15 is 0 Å². The molecule has 0 amide bonds. The Labute approximate surface area is 91.5 Å². The van der Waals surface area contributed by atoms with Crippen LogP contribution in [0.5, 0.6) is 0 Å². The van der Waals surface area contributed by atoms with Crippen LogP contribution in [0.25, 0.3) is 0 Å². The van der Waals surface area contributed by atoms with E-state index in [4.69, 9.17) is 5.11 Å². The van der Waals surface area contributed by atoms with Crippen LogP contribution in [0.15, 0.2) is 18.2 Å². The number of aliphatic hydroxyl groups is 1. The zero-order chi connectivity index (χ0) is 10.8. The summed E-state index contributed by atoms with van der Waals surface area (Å²) in [5.74, 6) is 0. The highest BCUT2D eigenvalue weighted by Gasteiger charge is 2.25. The van der Waals surface area contributed by atoms with Crippen LogP contribution < -0.4 is 0 Å². The topological polar surface area (TPSA) is 23.5 Å². The van der Waals surface area contributed by atoms with Gasteiger partial charge in [0, 0.05) is 12.6 Å². The Hall–Kier alpha value is -0.860. The first-order chi connectivity index (χ1) is 7.26. The number of rotatable bonds is 3. The van der Waals surface area contributed by atoms with Crippen molar-refractivity contribution in [3.63, 3.8) is 0 Å². The van der Waals surface area contributed by atoms with Gasteiger partial charge in [-0.15, -0.1) is 0 Å². The van der Waals surface area contributed by atoms with Crippen molar-refractivity contribution in [2.75, 3.05) is 6.54 Å². The lowest BCUT2D eigenvalue weighted by molar-refractivity contribution is 0.230. The van der Waals surface area contributed by atoms with Crippen molar-refractivity contribution in [3.05, 3.63) is 34.9 Å². The Morgan fingerprint density at radius 1 is 1.47 bits per heavy atom. The van der Waals surface area contributed by atoms with Gasteiger partial charge in [0.1, 0.15) is 0 Å². The van der Waals surface area contributed by atoms with Gasteiger partial charge in [0.25, 0.3) is 0 Å². The minimum absolute atomic E-state index is 0.147. The third-order valence-corrected chi connectivity index (χ3v) is 3.27. The lowest BCUT2D eigenvalue weighted by atomic mass is 10.0. The molecule has 0 aliphatic carbocycles. The average molecular weight is 205 g/mol. The van der Waals surface area contributed by atoms with Gasteiger partial charge in [0.15, 0.2) is 0 Å². The largest absolute Gasteiger partial charge is 0.392 e. The monoisotopic (exact) mass is 205 g/mol. The molecule has 1 aromatic rings. The molecular formula is C13H19NO. The van der Waals surface area contributed by atoms with Gasteiger partial charge < -0.3 is 5.11 Å². The van der Waals surface area contributed by atoms with Crippen molar-refractivity contribution in [2.24, 2.45) is 0 Å². The summed E-state index contributed by atoms with van der Waals surface area (Å²) in [6.07, 6.45) is 1.20. The highest BCUT2D eigenvalue weighted by molar-refractivity contribution is 5.37. The number of fused-ring (bicyclic) bond motifs is 1. The summed E-state index contributed by atoms with van der Waals surface area (Å²) in [5.41, 5.74) is 3.85. The van der Waals surface area contributed by atoms with Gasteiger partial charge in [-0.3, -0.25) is 4.90 Å². The molecule has 0 saturated carbocycles. The fourth-order valence-corrected chi connectivity index (χ4v) is 2.39. The highest BCUT2D eigenvalue weighted by atomic mass is 16.3. The van der Waals surface area contributed by atoms with Crippen LogP contribution in [-0.2, 0) is 13.2 Å². The SMILES string of the molecule is CCCN1Cc2ccc(CO)cc2C1C. The van der Waals surface area contributed by atoms with Crippen LogP contribution in [0.4, 0.5) is 0 Å². The second-order valence-corrected chi connectivity index (χ2v) is 4.34. The van der Waals surface area contributed by atoms with Gasteiger partial charge in [-0.25, -0.2) is 0 Å². The molecule has 0 bridgehead atoms. The quantitative estimate of drug-likeness (QED) is 0.819. The van der Waals surface area contributed by atoms with Gasteiger partial charge in [-0.2, -0.15) is 0 Å². The fourth-order valence-electron chi connectivity index (χ4n) is 2.39. The minimum Gasteiger partial charge on any atom is -0.392 e. The standard InChI is InChI=1S/C13H19NO/c1-3-6-14-8-12-5-4-11(9-15)7-13(12)10(14)2/h4-5,7,10,15H,3,6,8-9H2,1-2H3. The molecule has 0 aromatic heterocycles. The Balaban J connectivity index is 2.25. The third kappa shape index (κ3) is 1.92. The van der Waals surface area contributed by atoms with Gasteiger partial charge in [0.05, 0.1) is 6.61 Å². The zero-order valence-corrected chi connectivity index (χ0v) is 9.53. The van der Waals surface area contributed by atoms with Crippen LogP contribution in [0.3, 0.4) is 0 Å². The zero-order valence-electron chi connectivity index (χ0n) is 9.53. The van der Waals surface area contributed by atoms with E-state index < -0.39 is 0 Å². The van der Waals surface area contributed by atoms with Crippen molar-refractivity contribution in [1.82, 2.24) is 4.90 Å². The molecule has 2 heteroatoms. The summed E-state index contributed by atoms with van der Waals surface area (Å²) in [4.78, 5) is 2.49. The molecule has 0 radical (unpaired) electrons. The molecule has 2 rings (SSSR count). The Bertz CT molecular complexity index is 348. The smallest absolute Gasteiger partial charge is 0.0681 e. The second-order valence-electron chi connectivity index (χ2n) is 4.34. The van der Waals surface area contributed by atoms with Crippen LogP contribution >= 0.6 is 0 Å². The van der Waals surface area contributed by atoms with Gasteiger partial charge in [-0.1, -0.05) is 25.1 Å². The number of nitrogens with zero attached hydrogens (tertiary/aromatic N) is 1. The van der Waals surface area contributed by atoms with Crippen molar-refractivity contribution < 1.29 is 5.11 Å². The van der Waals surface area contributed by atoms with Crippen molar-refractivity contribution >= 4 is 0 Å². The van der Waals surface area contributed by atoms with E-state index in [-0.39, 0.29) is 6.61 Å². The maximum absolute atomic E-state index is 9.11. The first-order valence-corrected chi connectivity index (χ1v) is 5.73. The van der Waals surface area contributed by atoms with Crippen molar-refractivity contribution in [1.29, 1.82) is 0 Å². The maximum Gasteiger partial charge on any atom is 0.0681 e. The molecule has 0 saturated heterocycles. The maximum atomic E-state index is 9.11. The van der Waals surface area contributed by atoms with Gasteiger partial charge in [-0.05, 0) is 36.6 Å². The Morgan fingerprint density at radius 2 is 2.27 bits per heavy atom. The van der Waals surface area contributed by atoms with Gasteiger partial charge >= 0.3 is 0 Å². The molecule has 0 spiro atoms. The predicted octanol–water partition coefficient (Wildman–Crippen LogP) is 2.47. The summed E-state index contributed by atoms with van der Waals surface area (Å²) in [5, 5.41) is 9.11. The molecular weight excluding hydrogens is 186 g/mol. The Morgan fingerprint density at radius 3 is 2.93 bits per heavy atom. The van der Waals surface area contributed by atoms with Crippen LogP contribution in [0.2, 0.25) is 0 Å². The first kappa shape index (κ1) is 10.7. The van der Waals surface area contributed by atoms with Gasteiger partial charge in [0.2, 0.25) is 0 Å². The fraction of sp³-hybridized carbons (Fsp3) is 0.538. The van der Waals surface area contributed by atoms with E-state index in [1.54, 1.807) is 0 Å². The summed E-state index contributed by atoms with van der Waals surface area (Å²) in [6, 6.07) is 6.84. The number of benzene rings is 1. The van der Waals surface area contributed by atoms with E-state index in [1.165, 1.54) is 17.5 Å². The number of aliphatic hydroxyl groups excluding tert-OH is 1. The third-order valence-electron chi connectivity index (χ3n) is 3.27. The van der Waals surface area contributed by atoms with Crippen LogP contribution in [0, 0.1) is 0 Å². The van der Waals surface area contributed by atoms with E-state index in [1.807, 2.05) is 6.07 Å². The molecule has 15 heavy (non-hydrogen) atoms. The second kappa shape index (κ2) is 4.33. The highest BCUT2D eigenvalue weighted by Crippen LogP contribution is 2.33. The normalized spacial score (nSPS) is 20.6. The van der Waals surface area contributed by atoms with Crippen molar-refractivity contribution in [3.8, 4) is 0 Å². The molecule has 1 N–H and O–H groups in total. The summed E-state index contributed by atoms with van der Waals surface area (Å²) in [6.45, 7) is 6.84. The lowest BCUT2D eigenvalue weighted by Crippen LogP contribution is -2.20. The molecule has 1 aromatic carbocycles. The van der Waals surface area contributed by atoms with Crippen molar-refractivity contribution in [2.45, 2.75) is 39.5 Å². The molecule has 1 aliphatic heterocycles. The average Bonchev–Trinajstić information content (AvgIpc) is 2.56. The summed E-state index contributed by atoms with van der Waals surface area (Å²) >= 11 is 0. The molecule has 2 nitrogen and oxygen atoms in total. The number of hydrogen-bond donors (Lipinski definition) is 1. The molecule has 1 aliphatic rings. The first-order valence-electron chi connectivity index (χ1n) is 5.73. The number of hydrogen-bond acceptors (Lipinski definition) is 2. The predicted molar refractivity (Wildman–Crippen MR) is 61.5 cm³/mol. The molecule has 1 atom stereocenters. The van der Waals surface area contributed by atoms with E-state index in [2.05, 4.69) is 30.9 Å². The lowest BCUT2D eigenvalue weighted by Gasteiger charge is -2.20. The Kier molecular flexibility index (Phi) is 3.08. The molecule has 1 heterocycles. The van der Waals surface area contributed by atoms with E-state index in [0.29, 0.717) is 6.04 Å². The van der Waals surface area contributed by atoms with E-state index in [0.717, 1.165) is 18.7 Å². The molecule has 82 valence electrons. The van der Waals surface area contributed by atoms with Crippen LogP contribution in [0.1, 0.15) is 43.0 Å². The van der Waals surface area contributed by atoms with E-state index in [9.17, 15) is 0 Å².